The number of rotatable bonds is 4. The van der Waals surface area contributed by atoms with E-state index in [0.717, 1.165) is 11.8 Å². The van der Waals surface area contributed by atoms with Gasteiger partial charge in [-0.2, -0.15) is 0 Å². The molecule has 5 heteroatoms. The van der Waals surface area contributed by atoms with Gasteiger partial charge >= 0.3 is 0 Å². The maximum Gasteiger partial charge on any atom is 0.293 e. The average Bonchev–Trinajstić information content (AvgIpc) is 2.40. The molecule has 0 N–H and O–H groups in total. The zero-order valence-corrected chi connectivity index (χ0v) is 10.5. The second-order valence-electron chi connectivity index (χ2n) is 3.68. The first-order valence-corrected chi connectivity index (χ1v) is 6.22. The molecule has 1 aromatic carbocycles. The van der Waals surface area contributed by atoms with Crippen molar-refractivity contribution in [3.8, 4) is 0 Å². The maximum absolute atomic E-state index is 12.2. The van der Waals surface area contributed by atoms with Gasteiger partial charge < -0.3 is 4.74 Å². The molecule has 0 aromatic heterocycles. The van der Waals surface area contributed by atoms with Gasteiger partial charge in [0.1, 0.15) is 5.94 Å². The van der Waals surface area contributed by atoms with Gasteiger partial charge in [0.2, 0.25) is 5.78 Å². The van der Waals surface area contributed by atoms with Crippen molar-refractivity contribution in [2.75, 3.05) is 5.94 Å². The molecule has 0 fully saturated rings. The molecule has 92 valence electrons. The van der Waals surface area contributed by atoms with E-state index in [1.165, 1.54) is 0 Å². The van der Waals surface area contributed by atoms with Crippen molar-refractivity contribution in [1.82, 2.24) is 0 Å². The Morgan fingerprint density at radius 2 is 1.78 bits per heavy atom. The SMILES string of the molecule is CC1=C(SCOC=O)C(=O)c2ccccc2C1=O. The fraction of sp³-hybridized carbons (Fsp3) is 0.154. The third-order valence-corrected chi connectivity index (χ3v) is 3.68. The normalized spacial score (nSPS) is 14.5. The first kappa shape index (κ1) is 12.6. The van der Waals surface area contributed by atoms with Crippen molar-refractivity contribution in [3.63, 3.8) is 0 Å². The summed E-state index contributed by atoms with van der Waals surface area (Å²) < 4.78 is 4.54. The van der Waals surface area contributed by atoms with E-state index in [1.807, 2.05) is 0 Å². The quantitative estimate of drug-likeness (QED) is 0.473. The van der Waals surface area contributed by atoms with Gasteiger partial charge in [0.15, 0.2) is 5.78 Å². The molecule has 0 radical (unpaired) electrons. The van der Waals surface area contributed by atoms with Gasteiger partial charge in [-0.25, -0.2) is 0 Å². The molecule has 1 aromatic rings. The zero-order chi connectivity index (χ0) is 13.1. The summed E-state index contributed by atoms with van der Waals surface area (Å²) in [6.45, 7) is 1.92. The largest absolute Gasteiger partial charge is 0.456 e. The van der Waals surface area contributed by atoms with Crippen molar-refractivity contribution in [2.24, 2.45) is 0 Å². The summed E-state index contributed by atoms with van der Waals surface area (Å²) >= 11 is 1.06. The van der Waals surface area contributed by atoms with Gasteiger partial charge in [0.05, 0.1) is 4.91 Å². The molecule has 0 bridgehead atoms. The Labute approximate surface area is 108 Å². The molecular weight excluding hydrogens is 252 g/mol. The van der Waals surface area contributed by atoms with Crippen LogP contribution in [-0.4, -0.2) is 24.0 Å². The third-order valence-electron chi connectivity index (χ3n) is 2.64. The highest BCUT2D eigenvalue weighted by molar-refractivity contribution is 8.03. The lowest BCUT2D eigenvalue weighted by atomic mass is 9.90. The second kappa shape index (κ2) is 5.18. The molecular formula is C13H10O4S. The Balaban J connectivity index is 2.37. The molecule has 2 rings (SSSR count). The Kier molecular flexibility index (Phi) is 3.62. The van der Waals surface area contributed by atoms with E-state index in [1.54, 1.807) is 31.2 Å². The molecule has 1 aliphatic carbocycles. The van der Waals surface area contributed by atoms with Gasteiger partial charge in [-0.15, -0.1) is 0 Å². The van der Waals surface area contributed by atoms with Crippen LogP contribution >= 0.6 is 11.8 Å². The number of fused-ring (bicyclic) bond motifs is 1. The fourth-order valence-corrected chi connectivity index (χ4v) is 2.56. The molecule has 0 saturated heterocycles. The summed E-state index contributed by atoms with van der Waals surface area (Å²) in [5.41, 5.74) is 1.24. The molecule has 0 spiro atoms. The first-order valence-electron chi connectivity index (χ1n) is 5.24. The number of hydrogen-bond donors (Lipinski definition) is 0. The number of hydrogen-bond acceptors (Lipinski definition) is 5. The summed E-state index contributed by atoms with van der Waals surface area (Å²) in [7, 11) is 0. The lowest BCUT2D eigenvalue weighted by Gasteiger charge is -2.17. The summed E-state index contributed by atoms with van der Waals surface area (Å²) in [5, 5.41) is 0. The number of ketones is 2. The molecule has 0 aliphatic heterocycles. The van der Waals surface area contributed by atoms with Crippen LogP contribution in [0.2, 0.25) is 0 Å². The van der Waals surface area contributed by atoms with E-state index in [-0.39, 0.29) is 17.5 Å². The zero-order valence-electron chi connectivity index (χ0n) is 9.64. The first-order chi connectivity index (χ1) is 8.66. The van der Waals surface area contributed by atoms with E-state index in [9.17, 15) is 14.4 Å². The van der Waals surface area contributed by atoms with Crippen LogP contribution < -0.4 is 0 Å². The van der Waals surface area contributed by atoms with Crippen LogP contribution in [0.3, 0.4) is 0 Å². The molecule has 0 atom stereocenters. The van der Waals surface area contributed by atoms with Crippen molar-refractivity contribution in [3.05, 3.63) is 45.9 Å². The van der Waals surface area contributed by atoms with Gasteiger partial charge in [-0.3, -0.25) is 14.4 Å². The second-order valence-corrected chi connectivity index (χ2v) is 4.62. The summed E-state index contributed by atoms with van der Waals surface area (Å²) in [6.07, 6.45) is 0. The topological polar surface area (TPSA) is 60.4 Å². The number of ether oxygens (including phenoxy) is 1. The van der Waals surface area contributed by atoms with Gasteiger partial charge in [0.25, 0.3) is 6.47 Å². The fourth-order valence-electron chi connectivity index (χ4n) is 1.77. The average molecular weight is 262 g/mol. The monoisotopic (exact) mass is 262 g/mol. The van der Waals surface area contributed by atoms with Crippen LogP contribution in [0.1, 0.15) is 27.6 Å². The number of benzene rings is 1. The van der Waals surface area contributed by atoms with Crippen LogP contribution in [-0.2, 0) is 9.53 Å². The summed E-state index contributed by atoms with van der Waals surface area (Å²) in [6, 6.07) is 6.71. The minimum absolute atomic E-state index is 0.0252. The van der Waals surface area contributed by atoms with Crippen LogP contribution in [0.15, 0.2) is 34.7 Å². The molecule has 18 heavy (non-hydrogen) atoms. The van der Waals surface area contributed by atoms with E-state index >= 15 is 0 Å². The summed E-state index contributed by atoms with van der Waals surface area (Å²) in [4.78, 5) is 34.7. The Hall–Kier alpha value is -1.88. The standard InChI is InChI=1S/C13H10O4S/c1-8-11(15)9-4-2-3-5-10(9)12(16)13(8)18-7-17-6-14/h2-6H,7H2,1H3. The van der Waals surface area contributed by atoms with E-state index in [0.29, 0.717) is 28.1 Å². The minimum atomic E-state index is -0.192. The number of Topliss-reactive ketones (excluding diaryl/α,β-unsaturated/α-hetero) is 2. The van der Waals surface area contributed by atoms with Crippen molar-refractivity contribution < 1.29 is 19.1 Å². The third kappa shape index (κ3) is 2.09. The highest BCUT2D eigenvalue weighted by Gasteiger charge is 2.29. The number of thioether (sulfide) groups is 1. The number of allylic oxidation sites excluding steroid dienone is 2. The Morgan fingerprint density at radius 1 is 1.17 bits per heavy atom. The minimum Gasteiger partial charge on any atom is -0.456 e. The predicted molar refractivity (Wildman–Crippen MR) is 67.4 cm³/mol. The van der Waals surface area contributed by atoms with Crippen LogP contribution in [0.5, 0.6) is 0 Å². The van der Waals surface area contributed by atoms with Gasteiger partial charge in [-0.05, 0) is 6.92 Å². The Morgan fingerprint density at radius 3 is 2.39 bits per heavy atom. The maximum atomic E-state index is 12.2. The number of carbonyl (C=O) groups excluding carboxylic acids is 3. The molecule has 0 unspecified atom stereocenters. The summed E-state index contributed by atoms with van der Waals surface area (Å²) in [5.74, 6) is -0.321. The predicted octanol–water partition coefficient (Wildman–Crippen LogP) is 2.20. The van der Waals surface area contributed by atoms with Crippen molar-refractivity contribution >= 4 is 29.8 Å². The molecule has 0 amide bonds. The van der Waals surface area contributed by atoms with Crippen LogP contribution in [0.4, 0.5) is 0 Å². The number of carbonyl (C=O) groups is 3. The van der Waals surface area contributed by atoms with E-state index in [2.05, 4.69) is 4.74 Å². The molecule has 1 aliphatic rings. The Bertz CT molecular complexity index is 560. The highest BCUT2D eigenvalue weighted by atomic mass is 32.2. The lowest BCUT2D eigenvalue weighted by Crippen LogP contribution is -2.19. The highest BCUT2D eigenvalue weighted by Crippen LogP contribution is 2.32. The lowest BCUT2D eigenvalue weighted by molar-refractivity contribution is -0.126. The van der Waals surface area contributed by atoms with Crippen LogP contribution in [0.25, 0.3) is 0 Å². The van der Waals surface area contributed by atoms with Crippen LogP contribution in [0, 0.1) is 0 Å². The van der Waals surface area contributed by atoms with E-state index < -0.39 is 0 Å². The van der Waals surface area contributed by atoms with Crippen molar-refractivity contribution in [1.29, 1.82) is 0 Å². The van der Waals surface area contributed by atoms with Gasteiger partial charge in [0, 0.05) is 16.7 Å². The van der Waals surface area contributed by atoms with Gasteiger partial charge in [-0.1, -0.05) is 36.0 Å². The van der Waals surface area contributed by atoms with E-state index in [4.69, 9.17) is 0 Å². The smallest absolute Gasteiger partial charge is 0.293 e. The molecule has 0 saturated carbocycles. The molecule has 0 heterocycles. The molecule has 4 nitrogen and oxygen atoms in total. The van der Waals surface area contributed by atoms with Crippen molar-refractivity contribution in [2.45, 2.75) is 6.92 Å².